The quantitative estimate of drug-likeness (QED) is 0.931. The first-order chi connectivity index (χ1) is 10.4. The molecule has 2 aromatic carbocycles. The first kappa shape index (κ1) is 16.0. The number of hydrogen-bond donors (Lipinski definition) is 1. The van der Waals surface area contributed by atoms with Gasteiger partial charge in [0.05, 0.1) is 11.6 Å². The highest BCUT2D eigenvalue weighted by Crippen LogP contribution is 2.23. The Morgan fingerprint density at radius 1 is 1.09 bits per heavy atom. The van der Waals surface area contributed by atoms with Gasteiger partial charge in [-0.3, -0.25) is 4.79 Å². The predicted molar refractivity (Wildman–Crippen MR) is 85.4 cm³/mol. The van der Waals surface area contributed by atoms with Crippen molar-refractivity contribution in [3.8, 4) is 0 Å². The minimum absolute atomic E-state index is 0.0923. The Morgan fingerprint density at radius 2 is 1.73 bits per heavy atom. The summed E-state index contributed by atoms with van der Waals surface area (Å²) in [7, 11) is 1.68. The summed E-state index contributed by atoms with van der Waals surface area (Å²) in [6.45, 7) is 1.89. The van der Waals surface area contributed by atoms with Crippen LogP contribution in [0.2, 0.25) is 5.02 Å². The number of carbonyl (C=O) groups is 2. The van der Waals surface area contributed by atoms with Crippen LogP contribution in [0.1, 0.15) is 39.2 Å². The number of hydrogen-bond acceptors (Lipinski definition) is 2. The van der Waals surface area contributed by atoms with E-state index in [1.165, 1.54) is 12.1 Å². The molecule has 0 aliphatic heterocycles. The molecular formula is C17H16ClNO3. The van der Waals surface area contributed by atoms with E-state index in [1.54, 1.807) is 30.1 Å². The van der Waals surface area contributed by atoms with Gasteiger partial charge in [0, 0.05) is 17.6 Å². The van der Waals surface area contributed by atoms with Gasteiger partial charge in [-0.15, -0.1) is 0 Å². The zero-order valence-corrected chi connectivity index (χ0v) is 13.0. The van der Waals surface area contributed by atoms with Crippen molar-refractivity contribution in [2.45, 2.75) is 13.0 Å². The van der Waals surface area contributed by atoms with Crippen molar-refractivity contribution in [2.24, 2.45) is 0 Å². The summed E-state index contributed by atoms with van der Waals surface area (Å²) in [4.78, 5) is 25.1. The Bertz CT molecular complexity index is 715. The molecule has 0 saturated heterocycles. The van der Waals surface area contributed by atoms with Crippen LogP contribution >= 0.6 is 11.6 Å². The minimum atomic E-state index is -1.06. The summed E-state index contributed by atoms with van der Waals surface area (Å²) in [6.07, 6.45) is 0. The molecule has 5 heteroatoms. The summed E-state index contributed by atoms with van der Waals surface area (Å²) in [5.41, 5.74) is 1.35. The maximum Gasteiger partial charge on any atom is 0.335 e. The fraction of sp³-hybridized carbons (Fsp3) is 0.176. The Morgan fingerprint density at radius 3 is 2.36 bits per heavy atom. The molecule has 1 amide bonds. The number of nitrogens with zero attached hydrogens (tertiary/aromatic N) is 1. The largest absolute Gasteiger partial charge is 0.478 e. The number of amides is 1. The fourth-order valence-electron chi connectivity index (χ4n) is 2.15. The Balaban J connectivity index is 2.25. The van der Waals surface area contributed by atoms with Gasteiger partial charge < -0.3 is 10.0 Å². The second-order valence-corrected chi connectivity index (χ2v) is 5.47. The number of aromatic carboxylic acids is 1. The highest BCUT2D eigenvalue weighted by molar-refractivity contribution is 6.30. The SMILES string of the molecule is CC(c1cccc(Cl)c1)N(C)C(=O)c1cccc(C(=O)O)c1. The highest BCUT2D eigenvalue weighted by atomic mass is 35.5. The lowest BCUT2D eigenvalue weighted by Crippen LogP contribution is -2.29. The van der Waals surface area contributed by atoms with Crippen LogP contribution in [0.5, 0.6) is 0 Å². The topological polar surface area (TPSA) is 57.6 Å². The van der Waals surface area contributed by atoms with Crippen molar-refractivity contribution < 1.29 is 14.7 Å². The second-order valence-electron chi connectivity index (χ2n) is 5.03. The van der Waals surface area contributed by atoms with Gasteiger partial charge in [-0.2, -0.15) is 0 Å². The average Bonchev–Trinajstić information content (AvgIpc) is 2.52. The molecular weight excluding hydrogens is 302 g/mol. The van der Waals surface area contributed by atoms with Crippen molar-refractivity contribution in [2.75, 3.05) is 7.05 Å². The molecule has 114 valence electrons. The monoisotopic (exact) mass is 317 g/mol. The third-order valence-electron chi connectivity index (χ3n) is 3.59. The van der Waals surface area contributed by atoms with Gasteiger partial charge >= 0.3 is 5.97 Å². The number of rotatable bonds is 4. The van der Waals surface area contributed by atoms with Crippen LogP contribution < -0.4 is 0 Å². The molecule has 2 rings (SSSR count). The van der Waals surface area contributed by atoms with Crippen LogP contribution in [0.15, 0.2) is 48.5 Å². The molecule has 0 aliphatic rings. The van der Waals surface area contributed by atoms with Crippen molar-refractivity contribution in [3.05, 3.63) is 70.2 Å². The van der Waals surface area contributed by atoms with Gasteiger partial charge in [-0.05, 0) is 42.8 Å². The fourth-order valence-corrected chi connectivity index (χ4v) is 2.35. The molecule has 0 spiro atoms. The van der Waals surface area contributed by atoms with E-state index in [0.717, 1.165) is 5.56 Å². The zero-order chi connectivity index (χ0) is 16.3. The van der Waals surface area contributed by atoms with E-state index < -0.39 is 5.97 Å². The molecule has 0 saturated carbocycles. The van der Waals surface area contributed by atoms with Crippen LogP contribution in [0.4, 0.5) is 0 Å². The van der Waals surface area contributed by atoms with Gasteiger partial charge in [0.15, 0.2) is 0 Å². The zero-order valence-electron chi connectivity index (χ0n) is 12.3. The van der Waals surface area contributed by atoms with E-state index >= 15 is 0 Å². The first-order valence-corrected chi connectivity index (χ1v) is 7.14. The minimum Gasteiger partial charge on any atom is -0.478 e. The van der Waals surface area contributed by atoms with E-state index in [2.05, 4.69) is 0 Å². The van der Waals surface area contributed by atoms with Gasteiger partial charge in [-0.1, -0.05) is 29.8 Å². The van der Waals surface area contributed by atoms with E-state index in [9.17, 15) is 9.59 Å². The van der Waals surface area contributed by atoms with Gasteiger partial charge in [0.2, 0.25) is 0 Å². The van der Waals surface area contributed by atoms with Gasteiger partial charge in [-0.25, -0.2) is 4.79 Å². The Hall–Kier alpha value is -2.33. The number of carboxylic acid groups (broad SMARTS) is 1. The molecule has 0 fully saturated rings. The van der Waals surface area contributed by atoms with Crippen LogP contribution in [0.25, 0.3) is 0 Å². The maximum atomic E-state index is 12.5. The normalized spacial score (nSPS) is 11.8. The third-order valence-corrected chi connectivity index (χ3v) is 3.82. The van der Waals surface area contributed by atoms with Gasteiger partial charge in [0.1, 0.15) is 0 Å². The average molecular weight is 318 g/mol. The van der Waals surface area contributed by atoms with Gasteiger partial charge in [0.25, 0.3) is 5.91 Å². The molecule has 0 heterocycles. The smallest absolute Gasteiger partial charge is 0.335 e. The predicted octanol–water partition coefficient (Wildman–Crippen LogP) is 3.87. The van der Waals surface area contributed by atoms with Crippen molar-refractivity contribution >= 4 is 23.5 Å². The molecule has 2 aromatic rings. The number of benzene rings is 2. The van der Waals surface area contributed by atoms with Crippen molar-refractivity contribution in [1.29, 1.82) is 0 Å². The van der Waals surface area contributed by atoms with Crippen molar-refractivity contribution in [3.63, 3.8) is 0 Å². The maximum absolute atomic E-state index is 12.5. The Kier molecular flexibility index (Phi) is 4.83. The first-order valence-electron chi connectivity index (χ1n) is 6.76. The highest BCUT2D eigenvalue weighted by Gasteiger charge is 2.20. The summed E-state index contributed by atoms with van der Waals surface area (Å²) >= 11 is 5.98. The molecule has 0 aromatic heterocycles. The summed E-state index contributed by atoms with van der Waals surface area (Å²) in [6, 6.07) is 13.1. The molecule has 0 aliphatic carbocycles. The second kappa shape index (κ2) is 6.62. The molecule has 0 bridgehead atoms. The molecule has 1 unspecified atom stereocenters. The summed E-state index contributed by atoms with van der Waals surface area (Å²) < 4.78 is 0. The lowest BCUT2D eigenvalue weighted by molar-refractivity contribution is 0.0697. The van der Waals surface area contributed by atoms with E-state index in [-0.39, 0.29) is 17.5 Å². The molecule has 22 heavy (non-hydrogen) atoms. The number of halogens is 1. The van der Waals surface area contributed by atoms with E-state index in [0.29, 0.717) is 10.6 Å². The molecule has 4 nitrogen and oxygen atoms in total. The standard InChI is InChI=1S/C17H16ClNO3/c1-11(12-5-4-8-15(18)10-12)19(2)16(20)13-6-3-7-14(9-13)17(21)22/h3-11H,1-2H3,(H,21,22). The third kappa shape index (κ3) is 3.46. The Labute approximate surface area is 133 Å². The molecule has 0 radical (unpaired) electrons. The van der Waals surface area contributed by atoms with E-state index in [4.69, 9.17) is 16.7 Å². The summed E-state index contributed by atoms with van der Waals surface area (Å²) in [5.74, 6) is -1.30. The van der Waals surface area contributed by atoms with Crippen LogP contribution in [0, 0.1) is 0 Å². The molecule has 1 atom stereocenters. The van der Waals surface area contributed by atoms with Crippen LogP contribution in [-0.4, -0.2) is 28.9 Å². The van der Waals surface area contributed by atoms with Crippen molar-refractivity contribution in [1.82, 2.24) is 4.90 Å². The van der Waals surface area contributed by atoms with Crippen LogP contribution in [-0.2, 0) is 0 Å². The lowest BCUT2D eigenvalue weighted by Gasteiger charge is -2.25. The number of carboxylic acids is 1. The molecule has 1 N–H and O–H groups in total. The lowest BCUT2D eigenvalue weighted by atomic mass is 10.1. The van der Waals surface area contributed by atoms with Crippen LogP contribution in [0.3, 0.4) is 0 Å². The summed E-state index contributed by atoms with van der Waals surface area (Å²) in [5, 5.41) is 9.62. The number of carbonyl (C=O) groups excluding carboxylic acids is 1. The van der Waals surface area contributed by atoms with E-state index in [1.807, 2.05) is 25.1 Å².